The number of aromatic nitrogens is 2. The van der Waals surface area contributed by atoms with Gasteiger partial charge in [-0.15, -0.1) is 0 Å². The van der Waals surface area contributed by atoms with E-state index in [4.69, 9.17) is 0 Å². The Kier molecular flexibility index (Phi) is 5.74. The van der Waals surface area contributed by atoms with E-state index in [9.17, 15) is 9.59 Å². The molecule has 4 rings (SSSR count). The summed E-state index contributed by atoms with van der Waals surface area (Å²) in [7, 11) is 0. The van der Waals surface area contributed by atoms with E-state index < -0.39 is 0 Å². The second-order valence-corrected chi connectivity index (χ2v) is 7.96. The van der Waals surface area contributed by atoms with Crippen LogP contribution in [0.15, 0.2) is 47.5 Å². The van der Waals surface area contributed by atoms with Gasteiger partial charge < -0.3 is 10.2 Å². The molecule has 6 heteroatoms. The predicted octanol–water partition coefficient (Wildman–Crippen LogP) is 3.87. The summed E-state index contributed by atoms with van der Waals surface area (Å²) in [6.07, 6.45) is 11.9. The minimum atomic E-state index is -0.274. The van der Waals surface area contributed by atoms with E-state index in [1.54, 1.807) is 16.8 Å². The van der Waals surface area contributed by atoms with Crippen molar-refractivity contribution in [3.05, 3.63) is 58.8 Å². The third-order valence-corrected chi connectivity index (χ3v) is 6.07. The maximum atomic E-state index is 12.9. The Hall–Kier alpha value is -2.63. The first-order valence-corrected chi connectivity index (χ1v) is 10.4. The summed E-state index contributed by atoms with van der Waals surface area (Å²) < 4.78 is 1.56. The third-order valence-electron chi connectivity index (χ3n) is 6.07. The average molecular weight is 380 g/mol. The Bertz CT molecular complexity index is 873. The molecule has 1 N–H and O–H groups in total. The van der Waals surface area contributed by atoms with E-state index >= 15 is 0 Å². The van der Waals surface area contributed by atoms with Crippen molar-refractivity contribution in [3.63, 3.8) is 0 Å². The fraction of sp³-hybridized carbons (Fsp3) is 0.500. The lowest BCUT2D eigenvalue weighted by atomic mass is 9.83. The quantitative estimate of drug-likeness (QED) is 0.876. The second-order valence-electron chi connectivity index (χ2n) is 7.96. The number of benzene rings is 1. The van der Waals surface area contributed by atoms with Crippen molar-refractivity contribution in [2.45, 2.75) is 57.5 Å². The molecule has 0 spiro atoms. The molecule has 1 aromatic heterocycles. The Balaban J connectivity index is 1.43. The largest absolute Gasteiger partial charge is 0.347 e. The summed E-state index contributed by atoms with van der Waals surface area (Å²) in [5.41, 5.74) is 1.45. The fourth-order valence-electron chi connectivity index (χ4n) is 4.70. The van der Waals surface area contributed by atoms with Gasteiger partial charge in [-0.1, -0.05) is 31.4 Å². The molecule has 2 amide bonds. The van der Waals surface area contributed by atoms with Gasteiger partial charge >= 0.3 is 11.7 Å². The summed E-state index contributed by atoms with van der Waals surface area (Å²) in [6, 6.07) is 9.83. The predicted molar refractivity (Wildman–Crippen MR) is 109 cm³/mol. The van der Waals surface area contributed by atoms with Gasteiger partial charge in [-0.3, -0.25) is 4.57 Å². The highest BCUT2D eigenvalue weighted by atomic mass is 16.2. The molecule has 6 nitrogen and oxygen atoms in total. The summed E-state index contributed by atoms with van der Waals surface area (Å²) >= 11 is 0. The molecule has 148 valence electrons. The number of anilines is 1. The number of amides is 2. The lowest BCUT2D eigenvalue weighted by Gasteiger charge is -2.34. The molecular weight excluding hydrogens is 352 g/mol. The Morgan fingerprint density at radius 2 is 1.96 bits per heavy atom. The van der Waals surface area contributed by atoms with Crippen LogP contribution in [-0.2, 0) is 6.54 Å². The van der Waals surface area contributed by atoms with Crippen molar-refractivity contribution in [1.29, 1.82) is 0 Å². The minimum Gasteiger partial charge on any atom is -0.321 e. The highest BCUT2D eigenvalue weighted by molar-refractivity contribution is 5.89. The second kappa shape index (κ2) is 8.59. The van der Waals surface area contributed by atoms with Crippen molar-refractivity contribution < 1.29 is 4.79 Å². The molecule has 2 aromatic rings. The lowest BCUT2D eigenvalue weighted by Crippen LogP contribution is -2.43. The standard InChI is InChI=1S/C22H28N4O2/c27-21-23-12-6-13-25(21)16-17-7-4-10-19(15-17)24-22(28)26-14-5-11-20(26)18-8-2-1-3-9-18/h4,6-7,10,12-13,15,18,20H,1-3,5,8-9,11,14,16H2,(H,24,28). The van der Waals surface area contributed by atoms with Crippen LogP contribution in [0.1, 0.15) is 50.5 Å². The maximum Gasteiger partial charge on any atom is 0.347 e. The van der Waals surface area contributed by atoms with Crippen LogP contribution in [0, 0.1) is 5.92 Å². The average Bonchev–Trinajstić information content (AvgIpc) is 3.21. The molecule has 0 bridgehead atoms. The molecule has 1 aromatic carbocycles. The molecule has 1 aliphatic heterocycles. The SMILES string of the molecule is O=C(Nc1cccc(Cn2cccnc2=O)c1)N1CCCC1C1CCCCC1. The first kappa shape index (κ1) is 18.7. The van der Waals surface area contributed by atoms with Crippen molar-refractivity contribution in [2.75, 3.05) is 11.9 Å². The summed E-state index contributed by atoms with van der Waals surface area (Å²) in [6.45, 7) is 1.28. The highest BCUT2D eigenvalue weighted by Crippen LogP contribution is 2.34. The van der Waals surface area contributed by atoms with Crippen molar-refractivity contribution in [2.24, 2.45) is 5.92 Å². The number of carbonyl (C=O) groups is 1. The van der Waals surface area contributed by atoms with Gasteiger partial charge in [-0.2, -0.15) is 0 Å². The van der Waals surface area contributed by atoms with Gasteiger partial charge in [-0.05, 0) is 55.4 Å². The van der Waals surface area contributed by atoms with Gasteiger partial charge in [0.2, 0.25) is 0 Å². The van der Waals surface area contributed by atoms with Gasteiger partial charge in [0.1, 0.15) is 0 Å². The Morgan fingerprint density at radius 3 is 2.79 bits per heavy atom. The Morgan fingerprint density at radius 1 is 1.11 bits per heavy atom. The van der Waals surface area contributed by atoms with Crippen LogP contribution in [0.3, 0.4) is 0 Å². The van der Waals surface area contributed by atoms with E-state index in [1.807, 2.05) is 29.2 Å². The van der Waals surface area contributed by atoms with Gasteiger partial charge in [0, 0.05) is 30.7 Å². The van der Waals surface area contributed by atoms with Crippen molar-refractivity contribution in [3.8, 4) is 0 Å². The molecule has 2 heterocycles. The van der Waals surface area contributed by atoms with Crippen LogP contribution in [0.25, 0.3) is 0 Å². The number of nitrogens with one attached hydrogen (secondary N) is 1. The number of likely N-dealkylation sites (tertiary alicyclic amines) is 1. The zero-order valence-corrected chi connectivity index (χ0v) is 16.2. The molecule has 1 aliphatic carbocycles. The minimum absolute atomic E-state index is 0.00349. The van der Waals surface area contributed by atoms with Crippen LogP contribution >= 0.6 is 0 Å². The Labute approximate surface area is 165 Å². The van der Waals surface area contributed by atoms with Crippen molar-refractivity contribution >= 4 is 11.7 Å². The van der Waals surface area contributed by atoms with Crippen LogP contribution < -0.4 is 11.0 Å². The van der Waals surface area contributed by atoms with E-state index in [0.29, 0.717) is 18.5 Å². The lowest BCUT2D eigenvalue weighted by molar-refractivity contribution is 0.166. The van der Waals surface area contributed by atoms with E-state index in [0.717, 1.165) is 30.6 Å². The van der Waals surface area contributed by atoms with E-state index in [-0.39, 0.29) is 11.7 Å². The molecular formula is C22H28N4O2. The molecule has 28 heavy (non-hydrogen) atoms. The van der Waals surface area contributed by atoms with Gasteiger partial charge in [0.15, 0.2) is 0 Å². The van der Waals surface area contributed by atoms with Crippen LogP contribution in [0.4, 0.5) is 10.5 Å². The fourth-order valence-corrected chi connectivity index (χ4v) is 4.70. The van der Waals surface area contributed by atoms with Gasteiger partial charge in [0.05, 0.1) is 6.54 Å². The normalized spacial score (nSPS) is 20.3. The number of carbonyl (C=O) groups excluding carboxylic acids is 1. The molecule has 1 saturated heterocycles. The maximum absolute atomic E-state index is 12.9. The molecule has 1 atom stereocenters. The molecule has 2 fully saturated rings. The molecule has 2 aliphatic rings. The first-order valence-electron chi connectivity index (χ1n) is 10.4. The smallest absolute Gasteiger partial charge is 0.321 e. The van der Waals surface area contributed by atoms with Gasteiger partial charge in [0.25, 0.3) is 0 Å². The van der Waals surface area contributed by atoms with Crippen LogP contribution in [0.5, 0.6) is 0 Å². The van der Waals surface area contributed by atoms with E-state index in [1.165, 1.54) is 38.3 Å². The topological polar surface area (TPSA) is 67.2 Å². The highest BCUT2D eigenvalue weighted by Gasteiger charge is 2.35. The van der Waals surface area contributed by atoms with Crippen LogP contribution in [-0.4, -0.2) is 33.1 Å². The zero-order valence-electron chi connectivity index (χ0n) is 16.2. The number of urea groups is 1. The molecule has 0 radical (unpaired) electrons. The van der Waals surface area contributed by atoms with Gasteiger partial charge in [-0.25, -0.2) is 14.6 Å². The molecule has 1 saturated carbocycles. The van der Waals surface area contributed by atoms with Crippen LogP contribution in [0.2, 0.25) is 0 Å². The van der Waals surface area contributed by atoms with E-state index in [2.05, 4.69) is 10.3 Å². The van der Waals surface area contributed by atoms with Crippen molar-refractivity contribution in [1.82, 2.24) is 14.5 Å². The number of hydrogen-bond acceptors (Lipinski definition) is 3. The number of nitrogens with zero attached hydrogens (tertiary/aromatic N) is 3. The third kappa shape index (κ3) is 4.26. The summed E-state index contributed by atoms with van der Waals surface area (Å²) in [5, 5.41) is 3.08. The number of hydrogen-bond donors (Lipinski definition) is 1. The summed E-state index contributed by atoms with van der Waals surface area (Å²) in [4.78, 5) is 30.6. The monoisotopic (exact) mass is 380 g/mol. The zero-order chi connectivity index (χ0) is 19.3. The summed E-state index contributed by atoms with van der Waals surface area (Å²) in [5.74, 6) is 0.658. The molecule has 1 unspecified atom stereocenters. The first-order chi connectivity index (χ1) is 13.7. The number of rotatable bonds is 4.